The molecule has 0 unspecified atom stereocenters. The first-order valence-corrected chi connectivity index (χ1v) is 9.74. The molecule has 112 valence electrons. The summed E-state index contributed by atoms with van der Waals surface area (Å²) in [5.74, 6) is 0.210. The first kappa shape index (κ1) is 14.5. The number of nitrogens with zero attached hydrogens (tertiary/aromatic N) is 1. The van der Waals surface area contributed by atoms with E-state index in [4.69, 9.17) is 4.74 Å². The molecular formula is C14H21NO3S2. The molecule has 1 fully saturated rings. The van der Waals surface area contributed by atoms with Crippen molar-refractivity contribution in [2.75, 3.05) is 18.9 Å². The van der Waals surface area contributed by atoms with Crippen LogP contribution in [0, 0.1) is 0 Å². The fourth-order valence-electron chi connectivity index (χ4n) is 3.14. The van der Waals surface area contributed by atoms with Gasteiger partial charge in [0.05, 0.1) is 11.9 Å². The molecule has 0 bridgehead atoms. The zero-order valence-electron chi connectivity index (χ0n) is 11.7. The highest BCUT2D eigenvalue weighted by molar-refractivity contribution is 7.89. The van der Waals surface area contributed by atoms with Crippen LogP contribution in [0.2, 0.25) is 0 Å². The molecule has 0 N–H and O–H groups in total. The van der Waals surface area contributed by atoms with Crippen LogP contribution in [-0.4, -0.2) is 37.7 Å². The summed E-state index contributed by atoms with van der Waals surface area (Å²) < 4.78 is 32.3. The van der Waals surface area contributed by atoms with E-state index in [2.05, 4.69) is 11.4 Å². The Morgan fingerprint density at radius 2 is 2.35 bits per heavy atom. The van der Waals surface area contributed by atoms with Crippen LogP contribution in [0.15, 0.2) is 11.4 Å². The molecular weight excluding hydrogens is 294 g/mol. The van der Waals surface area contributed by atoms with Gasteiger partial charge < -0.3 is 4.74 Å². The second kappa shape index (κ2) is 5.75. The summed E-state index contributed by atoms with van der Waals surface area (Å²) in [6.45, 7) is 3.39. The first-order valence-electron chi connectivity index (χ1n) is 7.25. The van der Waals surface area contributed by atoms with Crippen molar-refractivity contribution >= 4 is 21.4 Å². The molecule has 0 saturated carbocycles. The van der Waals surface area contributed by atoms with Crippen molar-refractivity contribution in [1.29, 1.82) is 0 Å². The minimum absolute atomic E-state index is 0.0282. The Hall–Kier alpha value is -0.430. The van der Waals surface area contributed by atoms with Gasteiger partial charge in [-0.15, -0.1) is 11.3 Å². The molecule has 0 aromatic carbocycles. The fraction of sp³-hybridized carbons (Fsp3) is 0.714. The Balaban J connectivity index is 1.68. The highest BCUT2D eigenvalue weighted by Gasteiger charge is 2.33. The average Bonchev–Trinajstić information content (AvgIpc) is 3.08. The number of fused-ring (bicyclic) bond motifs is 1. The van der Waals surface area contributed by atoms with Gasteiger partial charge in [-0.3, -0.25) is 0 Å². The molecule has 20 heavy (non-hydrogen) atoms. The molecule has 2 atom stereocenters. The molecule has 3 rings (SSSR count). The van der Waals surface area contributed by atoms with Crippen molar-refractivity contribution < 1.29 is 13.2 Å². The summed E-state index contributed by atoms with van der Waals surface area (Å²) in [6.07, 6.45) is 3.67. The number of hydrogen-bond acceptors (Lipinski definition) is 4. The normalized spacial score (nSPS) is 27.6. The molecule has 0 amide bonds. The van der Waals surface area contributed by atoms with Crippen molar-refractivity contribution in [3.05, 3.63) is 21.9 Å². The van der Waals surface area contributed by atoms with Crippen LogP contribution in [0.4, 0.5) is 0 Å². The maximum atomic E-state index is 12.6. The minimum atomic E-state index is -3.18. The molecule has 2 aliphatic heterocycles. The van der Waals surface area contributed by atoms with Crippen LogP contribution < -0.4 is 0 Å². The number of thiophene rings is 1. The Labute approximate surface area is 124 Å². The van der Waals surface area contributed by atoms with Gasteiger partial charge in [0.1, 0.15) is 0 Å². The monoisotopic (exact) mass is 315 g/mol. The van der Waals surface area contributed by atoms with E-state index in [0.717, 1.165) is 25.9 Å². The van der Waals surface area contributed by atoms with Crippen LogP contribution in [0.3, 0.4) is 0 Å². The van der Waals surface area contributed by atoms with Crippen molar-refractivity contribution in [3.63, 3.8) is 0 Å². The summed E-state index contributed by atoms with van der Waals surface area (Å²) in [5, 5.41) is 2.06. The molecule has 1 saturated heterocycles. The van der Waals surface area contributed by atoms with Gasteiger partial charge in [0.15, 0.2) is 0 Å². The Morgan fingerprint density at radius 3 is 3.10 bits per heavy atom. The van der Waals surface area contributed by atoms with Gasteiger partial charge in [-0.2, -0.15) is 4.31 Å². The van der Waals surface area contributed by atoms with Crippen LogP contribution in [0.1, 0.15) is 42.7 Å². The lowest BCUT2D eigenvalue weighted by molar-refractivity contribution is 0.108. The van der Waals surface area contributed by atoms with E-state index in [1.54, 1.807) is 15.6 Å². The molecule has 1 aromatic rings. The number of hydrogen-bond donors (Lipinski definition) is 0. The van der Waals surface area contributed by atoms with E-state index in [-0.39, 0.29) is 17.9 Å². The fourth-order valence-corrected chi connectivity index (χ4v) is 5.86. The Morgan fingerprint density at radius 1 is 1.50 bits per heavy atom. The van der Waals surface area contributed by atoms with Crippen LogP contribution >= 0.6 is 11.3 Å². The molecule has 1 aromatic heterocycles. The van der Waals surface area contributed by atoms with E-state index in [1.807, 2.05) is 6.92 Å². The summed E-state index contributed by atoms with van der Waals surface area (Å²) >= 11 is 1.73. The third kappa shape index (κ3) is 2.79. The van der Waals surface area contributed by atoms with E-state index in [0.29, 0.717) is 13.0 Å². The zero-order valence-corrected chi connectivity index (χ0v) is 13.4. The quantitative estimate of drug-likeness (QED) is 0.858. The molecule has 0 aliphatic carbocycles. The third-order valence-electron chi connectivity index (χ3n) is 4.30. The zero-order chi connectivity index (χ0) is 14.2. The second-order valence-corrected chi connectivity index (χ2v) is 8.62. The topological polar surface area (TPSA) is 46.6 Å². The summed E-state index contributed by atoms with van der Waals surface area (Å²) in [6, 6.07) is 2.03. The van der Waals surface area contributed by atoms with E-state index < -0.39 is 10.0 Å². The highest BCUT2D eigenvalue weighted by Crippen LogP contribution is 2.34. The minimum Gasteiger partial charge on any atom is -0.378 e. The summed E-state index contributed by atoms with van der Waals surface area (Å²) in [4.78, 5) is 1.34. The lowest BCUT2D eigenvalue weighted by Crippen LogP contribution is -2.40. The van der Waals surface area contributed by atoms with Gasteiger partial charge >= 0.3 is 0 Å². The van der Waals surface area contributed by atoms with Crippen LogP contribution in [-0.2, 0) is 21.2 Å². The van der Waals surface area contributed by atoms with Crippen molar-refractivity contribution in [3.8, 4) is 0 Å². The lowest BCUT2D eigenvalue weighted by Gasteiger charge is -2.32. The highest BCUT2D eigenvalue weighted by atomic mass is 32.2. The van der Waals surface area contributed by atoms with E-state index in [1.165, 1.54) is 10.4 Å². The van der Waals surface area contributed by atoms with Crippen LogP contribution in [0.5, 0.6) is 0 Å². The standard InChI is InChI=1S/C14H21NO3S2/c1-11-13-5-9-19-14(13)4-7-15(11)20(16,17)10-6-12-3-2-8-18-12/h5,9,11-12H,2-4,6-8,10H2,1H3/t11-,12-/m1/s1. The molecule has 0 spiro atoms. The Bertz CT molecular complexity index is 561. The predicted molar refractivity (Wildman–Crippen MR) is 80.5 cm³/mol. The molecule has 4 nitrogen and oxygen atoms in total. The number of sulfonamides is 1. The molecule has 2 aliphatic rings. The van der Waals surface area contributed by atoms with Gasteiger partial charge in [-0.1, -0.05) is 0 Å². The first-order chi connectivity index (χ1) is 9.58. The van der Waals surface area contributed by atoms with E-state index in [9.17, 15) is 8.42 Å². The number of rotatable bonds is 4. The maximum absolute atomic E-state index is 12.6. The summed E-state index contributed by atoms with van der Waals surface area (Å²) in [7, 11) is -3.18. The van der Waals surface area contributed by atoms with Crippen molar-refractivity contribution in [1.82, 2.24) is 4.31 Å². The predicted octanol–water partition coefficient (Wildman–Crippen LogP) is 2.57. The SMILES string of the molecule is C[C@@H]1c2ccsc2CCN1S(=O)(=O)CC[C@H]1CCCO1. The average molecular weight is 315 g/mol. The largest absolute Gasteiger partial charge is 0.378 e. The van der Waals surface area contributed by atoms with E-state index >= 15 is 0 Å². The van der Waals surface area contributed by atoms with Gasteiger partial charge in [-0.05, 0) is 49.6 Å². The third-order valence-corrected chi connectivity index (χ3v) is 7.26. The molecule has 6 heteroatoms. The number of ether oxygens (including phenoxy) is 1. The smallest absolute Gasteiger partial charge is 0.214 e. The Kier molecular flexibility index (Phi) is 4.17. The van der Waals surface area contributed by atoms with Gasteiger partial charge in [0.2, 0.25) is 10.0 Å². The lowest BCUT2D eigenvalue weighted by atomic mass is 10.0. The van der Waals surface area contributed by atoms with Gasteiger partial charge in [0, 0.05) is 24.1 Å². The van der Waals surface area contributed by atoms with Crippen molar-refractivity contribution in [2.24, 2.45) is 0 Å². The van der Waals surface area contributed by atoms with Crippen LogP contribution in [0.25, 0.3) is 0 Å². The van der Waals surface area contributed by atoms with Crippen molar-refractivity contribution in [2.45, 2.75) is 44.8 Å². The molecule has 3 heterocycles. The van der Waals surface area contributed by atoms with Gasteiger partial charge in [-0.25, -0.2) is 8.42 Å². The molecule has 0 radical (unpaired) electrons. The maximum Gasteiger partial charge on any atom is 0.214 e. The second-order valence-electron chi connectivity index (χ2n) is 5.58. The van der Waals surface area contributed by atoms with Gasteiger partial charge in [0.25, 0.3) is 0 Å². The summed E-state index contributed by atoms with van der Waals surface area (Å²) in [5.41, 5.74) is 1.18.